The van der Waals surface area contributed by atoms with Crippen molar-refractivity contribution >= 4 is 38.6 Å². The van der Waals surface area contributed by atoms with Crippen molar-refractivity contribution in [3.8, 4) is 0 Å². The summed E-state index contributed by atoms with van der Waals surface area (Å²) in [4.78, 5) is 10.6. The second-order valence-corrected chi connectivity index (χ2v) is 8.54. The predicted molar refractivity (Wildman–Crippen MR) is 157 cm³/mol. The van der Waals surface area contributed by atoms with Crippen LogP contribution in [0.4, 0.5) is 13.2 Å². The molecule has 6 rings (SSSR count). The van der Waals surface area contributed by atoms with Gasteiger partial charge in [0.1, 0.15) is 17.5 Å². The Morgan fingerprint density at radius 2 is 1.05 bits per heavy atom. The minimum absolute atomic E-state index is 0. The molecule has 6 aromatic rings. The summed E-state index contributed by atoms with van der Waals surface area (Å²) < 4.78 is 39.6. The molecule has 2 nitrogen and oxygen atoms in total. The van der Waals surface area contributed by atoms with Gasteiger partial charge in [-0.3, -0.25) is 4.79 Å². The van der Waals surface area contributed by atoms with Crippen molar-refractivity contribution in [3.63, 3.8) is 0 Å². The van der Waals surface area contributed by atoms with E-state index in [1.54, 1.807) is 36.4 Å². The highest BCUT2D eigenvalue weighted by Crippen LogP contribution is 2.22. The molecule has 0 aliphatic heterocycles. The summed E-state index contributed by atoms with van der Waals surface area (Å²) in [5, 5.41) is 7.55. The average Bonchev–Trinajstić information content (AvgIpc) is 2.96. The molecule has 6 aromatic carbocycles. The maximum atomic E-state index is 13.4. The van der Waals surface area contributed by atoms with Gasteiger partial charge in [0.15, 0.2) is 6.29 Å². The molecule has 0 radical (unpaired) electrons. The number of hydrogen-bond acceptors (Lipinski definition) is 2. The van der Waals surface area contributed by atoms with Gasteiger partial charge in [-0.15, -0.1) is 0 Å². The number of carbonyl (C=O) groups excluding carboxylic acids is 1. The van der Waals surface area contributed by atoms with E-state index in [0.717, 1.165) is 29.2 Å². The Morgan fingerprint density at radius 1 is 0.564 bits per heavy atom. The molecular weight excluding hydrogens is 495 g/mol. The average molecular weight is 526 g/mol. The van der Waals surface area contributed by atoms with E-state index in [1.807, 2.05) is 61.6 Å². The van der Waals surface area contributed by atoms with Gasteiger partial charge in [-0.1, -0.05) is 98.4 Å². The zero-order chi connectivity index (χ0) is 26.9. The Labute approximate surface area is 226 Å². The van der Waals surface area contributed by atoms with Gasteiger partial charge in [0.2, 0.25) is 0 Å². The smallest absolute Gasteiger partial charge is 0.150 e. The van der Waals surface area contributed by atoms with E-state index in [1.165, 1.54) is 24.3 Å². The molecule has 0 unspecified atom stereocenters. The second-order valence-electron chi connectivity index (χ2n) is 8.54. The minimum Gasteiger partial charge on any atom is -0.316 e. The fraction of sp³-hybridized carbons (Fsp3) is 0.0882. The fourth-order valence-electron chi connectivity index (χ4n) is 4.24. The first-order chi connectivity index (χ1) is 18.5. The van der Waals surface area contributed by atoms with Crippen LogP contribution in [0.5, 0.6) is 0 Å². The number of nitrogens with one attached hydrogen (secondary N) is 1. The van der Waals surface area contributed by atoms with E-state index < -0.39 is 0 Å². The van der Waals surface area contributed by atoms with Crippen LogP contribution in [0.3, 0.4) is 0 Å². The van der Waals surface area contributed by atoms with Crippen molar-refractivity contribution in [1.29, 1.82) is 0 Å². The van der Waals surface area contributed by atoms with Gasteiger partial charge < -0.3 is 5.32 Å². The van der Waals surface area contributed by atoms with E-state index in [2.05, 4.69) is 5.32 Å². The third-order valence-electron chi connectivity index (χ3n) is 6.10. The molecule has 39 heavy (non-hydrogen) atoms. The van der Waals surface area contributed by atoms with Crippen LogP contribution in [0.1, 0.15) is 23.3 Å². The van der Waals surface area contributed by atoms with Gasteiger partial charge in [-0.2, -0.15) is 0 Å². The fourth-order valence-corrected chi connectivity index (χ4v) is 4.24. The van der Waals surface area contributed by atoms with E-state index in [9.17, 15) is 18.0 Å². The molecule has 0 saturated heterocycles. The minimum atomic E-state index is -0.291. The first-order valence-electron chi connectivity index (χ1n) is 12.1. The molecule has 0 heterocycles. The third kappa shape index (κ3) is 6.89. The maximum absolute atomic E-state index is 13.4. The first-order valence-corrected chi connectivity index (χ1v) is 12.1. The molecule has 0 atom stereocenters. The summed E-state index contributed by atoms with van der Waals surface area (Å²) in [7, 11) is 1.89. The van der Waals surface area contributed by atoms with E-state index in [0.29, 0.717) is 27.1 Å². The van der Waals surface area contributed by atoms with Crippen LogP contribution >= 0.6 is 0 Å². The van der Waals surface area contributed by atoms with Crippen LogP contribution in [-0.2, 0) is 6.54 Å². The van der Waals surface area contributed by atoms with Crippen molar-refractivity contribution in [3.05, 3.63) is 144 Å². The highest BCUT2D eigenvalue weighted by atomic mass is 19.1. The Bertz CT molecular complexity index is 1690. The Kier molecular flexibility index (Phi) is 10.4. The summed E-state index contributed by atoms with van der Waals surface area (Å²) in [6.45, 7) is 0.765. The summed E-state index contributed by atoms with van der Waals surface area (Å²) >= 11 is 0. The van der Waals surface area contributed by atoms with Crippen molar-refractivity contribution in [1.82, 2.24) is 5.32 Å². The van der Waals surface area contributed by atoms with Crippen LogP contribution < -0.4 is 5.32 Å². The third-order valence-corrected chi connectivity index (χ3v) is 6.10. The Balaban J connectivity index is 0.000000161. The number of hydrogen-bond donors (Lipinski definition) is 1. The summed E-state index contributed by atoms with van der Waals surface area (Å²) in [6.07, 6.45) is 0.738. The lowest BCUT2D eigenvalue weighted by molar-refractivity contribution is 0.112. The standard InChI is InChI=1S/C12H12FN.C11H7FO.C10H7F.CH4/c1-14-8-9-6-7-12(13)11-5-3-2-4-10(9)11;12-11-6-5-8(7-13)9-3-1-2-4-10(9)11;11-10-7-3-5-8-4-1-2-6-9(8)10;/h2-7,14H,8H2,1H3;1-7H;1-7H;1H4. The topological polar surface area (TPSA) is 29.1 Å². The summed E-state index contributed by atoms with van der Waals surface area (Å²) in [5.41, 5.74) is 1.65. The lowest BCUT2D eigenvalue weighted by Crippen LogP contribution is -2.05. The van der Waals surface area contributed by atoms with Gasteiger partial charge in [0.05, 0.1) is 0 Å². The zero-order valence-corrected chi connectivity index (χ0v) is 20.8. The Hall–Kier alpha value is -4.48. The molecule has 0 aliphatic rings. The number of rotatable bonds is 3. The van der Waals surface area contributed by atoms with E-state index in [-0.39, 0.29) is 24.9 Å². The number of aldehydes is 1. The number of fused-ring (bicyclic) bond motifs is 3. The van der Waals surface area contributed by atoms with Gasteiger partial charge in [0, 0.05) is 28.3 Å². The quantitative estimate of drug-likeness (QED) is 0.234. The van der Waals surface area contributed by atoms with E-state index in [4.69, 9.17) is 0 Å². The molecule has 0 saturated carbocycles. The SMILES string of the molecule is C.CNCc1ccc(F)c2ccccc12.Fc1cccc2ccccc12.O=Cc1ccc(F)c2ccccc12. The molecule has 0 aromatic heterocycles. The second kappa shape index (κ2) is 13.9. The lowest BCUT2D eigenvalue weighted by atomic mass is 10.0. The number of halogens is 3. The molecular formula is C34H30F3NO. The maximum Gasteiger partial charge on any atom is 0.150 e. The van der Waals surface area contributed by atoms with E-state index >= 15 is 0 Å². The highest BCUT2D eigenvalue weighted by Gasteiger charge is 2.04. The van der Waals surface area contributed by atoms with Crippen LogP contribution in [0.15, 0.2) is 115 Å². The molecule has 0 fully saturated rings. The largest absolute Gasteiger partial charge is 0.316 e. The van der Waals surface area contributed by atoms with Crippen molar-refractivity contribution < 1.29 is 18.0 Å². The van der Waals surface area contributed by atoms with Crippen LogP contribution in [-0.4, -0.2) is 13.3 Å². The van der Waals surface area contributed by atoms with Gasteiger partial charge >= 0.3 is 0 Å². The van der Waals surface area contributed by atoms with Crippen LogP contribution in [0.2, 0.25) is 0 Å². The van der Waals surface area contributed by atoms with Crippen molar-refractivity contribution in [2.45, 2.75) is 14.0 Å². The molecule has 5 heteroatoms. The zero-order valence-electron chi connectivity index (χ0n) is 20.8. The molecule has 1 N–H and O–H groups in total. The normalized spacial score (nSPS) is 10.2. The summed E-state index contributed by atoms with van der Waals surface area (Å²) in [6, 6.07) is 33.2. The number of benzene rings is 6. The Morgan fingerprint density at radius 3 is 1.67 bits per heavy atom. The molecule has 0 amide bonds. The van der Waals surface area contributed by atoms with Gasteiger partial charge in [0.25, 0.3) is 0 Å². The molecule has 0 spiro atoms. The van der Waals surface area contributed by atoms with Crippen molar-refractivity contribution in [2.24, 2.45) is 0 Å². The number of carbonyl (C=O) groups is 1. The monoisotopic (exact) mass is 525 g/mol. The van der Waals surface area contributed by atoms with Crippen molar-refractivity contribution in [2.75, 3.05) is 7.05 Å². The predicted octanol–water partition coefficient (Wildman–Crippen LogP) is 9.10. The van der Waals surface area contributed by atoms with Crippen LogP contribution in [0.25, 0.3) is 32.3 Å². The lowest BCUT2D eigenvalue weighted by Gasteiger charge is -2.06. The summed E-state index contributed by atoms with van der Waals surface area (Å²) in [5.74, 6) is -0.593. The highest BCUT2D eigenvalue weighted by molar-refractivity contribution is 5.98. The van der Waals surface area contributed by atoms with Gasteiger partial charge in [-0.25, -0.2) is 13.2 Å². The molecule has 0 aliphatic carbocycles. The molecule has 198 valence electrons. The molecule has 0 bridgehead atoms. The first kappa shape index (κ1) is 29.1. The van der Waals surface area contributed by atoms with Crippen LogP contribution in [0, 0.1) is 17.5 Å². The van der Waals surface area contributed by atoms with Gasteiger partial charge in [-0.05, 0) is 53.0 Å².